The van der Waals surface area contributed by atoms with Crippen molar-refractivity contribution < 1.29 is 4.79 Å². The molecule has 0 aromatic rings. The monoisotopic (exact) mass is 168 g/mol. The van der Waals surface area contributed by atoms with Gasteiger partial charge in [0, 0.05) is 13.6 Å². The lowest BCUT2D eigenvalue weighted by atomic mass is 10.2. The van der Waals surface area contributed by atoms with Crippen molar-refractivity contribution in [2.75, 3.05) is 13.6 Å². The third-order valence-corrected chi connectivity index (χ3v) is 2.19. The van der Waals surface area contributed by atoms with Gasteiger partial charge in [0.2, 0.25) is 0 Å². The highest BCUT2D eigenvalue weighted by Crippen LogP contribution is 2.17. The quantitative estimate of drug-likeness (QED) is 0.589. The second-order valence-electron chi connectivity index (χ2n) is 2.98. The van der Waals surface area contributed by atoms with E-state index < -0.39 is 0 Å². The molecule has 0 bridgehead atoms. The first-order valence-electron chi connectivity index (χ1n) is 4.40. The van der Waals surface area contributed by atoms with E-state index in [0.29, 0.717) is 6.04 Å². The van der Waals surface area contributed by atoms with Gasteiger partial charge >= 0.3 is 6.03 Å². The van der Waals surface area contributed by atoms with Crippen molar-refractivity contribution >= 4 is 6.03 Å². The predicted octanol–water partition coefficient (Wildman–Crippen LogP) is 1.37. The number of hydrogen-bond donors (Lipinski definition) is 1. The van der Waals surface area contributed by atoms with Crippen LogP contribution in [0.1, 0.15) is 19.8 Å². The number of hydrogen-bond acceptors (Lipinski definition) is 1. The minimum absolute atomic E-state index is 0.0376. The van der Waals surface area contributed by atoms with Crippen LogP contribution in [0.15, 0.2) is 12.2 Å². The molecule has 12 heavy (non-hydrogen) atoms. The molecular formula is C9H16N2O. The molecule has 0 aromatic carbocycles. The summed E-state index contributed by atoms with van der Waals surface area (Å²) in [5, 5.41) is 2.65. The Labute approximate surface area is 73.4 Å². The Hall–Kier alpha value is -0.990. The Bertz CT molecular complexity index is 189. The van der Waals surface area contributed by atoms with Gasteiger partial charge in [0.1, 0.15) is 0 Å². The van der Waals surface area contributed by atoms with E-state index in [1.807, 2.05) is 17.9 Å². The third-order valence-electron chi connectivity index (χ3n) is 2.19. The Morgan fingerprint density at radius 1 is 1.67 bits per heavy atom. The van der Waals surface area contributed by atoms with Crippen LogP contribution in [0.3, 0.4) is 0 Å². The first kappa shape index (κ1) is 9.10. The molecule has 1 atom stereocenters. The van der Waals surface area contributed by atoms with E-state index in [1.165, 1.54) is 0 Å². The predicted molar refractivity (Wildman–Crippen MR) is 49.0 cm³/mol. The number of urea groups is 1. The van der Waals surface area contributed by atoms with Crippen LogP contribution >= 0.6 is 0 Å². The van der Waals surface area contributed by atoms with Gasteiger partial charge in [-0.1, -0.05) is 12.2 Å². The zero-order valence-electron chi connectivity index (χ0n) is 7.71. The normalized spacial score (nSPS) is 23.5. The van der Waals surface area contributed by atoms with Gasteiger partial charge in [-0.2, -0.15) is 0 Å². The van der Waals surface area contributed by atoms with Crippen LogP contribution in [0.25, 0.3) is 0 Å². The van der Waals surface area contributed by atoms with Crippen LogP contribution in [0.4, 0.5) is 4.79 Å². The number of nitrogens with one attached hydrogen (secondary N) is 1. The summed E-state index contributed by atoms with van der Waals surface area (Å²) in [5.41, 5.74) is 0. The van der Waals surface area contributed by atoms with Crippen molar-refractivity contribution in [1.29, 1.82) is 0 Å². The van der Waals surface area contributed by atoms with E-state index in [4.69, 9.17) is 0 Å². The van der Waals surface area contributed by atoms with Crippen molar-refractivity contribution in [1.82, 2.24) is 10.2 Å². The van der Waals surface area contributed by atoms with Gasteiger partial charge in [0.05, 0.1) is 6.04 Å². The molecule has 0 radical (unpaired) electrons. The zero-order chi connectivity index (χ0) is 8.97. The summed E-state index contributed by atoms with van der Waals surface area (Å²) in [6.07, 6.45) is 6.30. The maximum Gasteiger partial charge on any atom is 0.317 e. The molecule has 1 fully saturated rings. The molecule has 0 aliphatic carbocycles. The zero-order valence-corrected chi connectivity index (χ0v) is 7.71. The van der Waals surface area contributed by atoms with E-state index >= 15 is 0 Å². The summed E-state index contributed by atoms with van der Waals surface area (Å²) in [7, 11) is 1.67. The lowest BCUT2D eigenvalue weighted by molar-refractivity contribution is 0.202. The molecule has 1 saturated heterocycles. The molecule has 0 spiro atoms. The highest BCUT2D eigenvalue weighted by atomic mass is 16.2. The van der Waals surface area contributed by atoms with E-state index in [2.05, 4.69) is 11.4 Å². The van der Waals surface area contributed by atoms with E-state index in [9.17, 15) is 4.79 Å². The maximum atomic E-state index is 11.3. The number of carbonyl (C=O) groups is 1. The highest BCUT2D eigenvalue weighted by Gasteiger charge is 2.25. The van der Waals surface area contributed by atoms with Gasteiger partial charge in [-0.05, 0) is 19.8 Å². The molecule has 1 aliphatic heterocycles. The number of nitrogens with zero attached hydrogens (tertiary/aromatic N) is 1. The molecule has 1 aliphatic rings. The fourth-order valence-corrected chi connectivity index (χ4v) is 1.61. The van der Waals surface area contributed by atoms with Crippen molar-refractivity contribution in [2.45, 2.75) is 25.8 Å². The number of rotatable bonds is 1. The Kier molecular flexibility index (Phi) is 3.14. The molecule has 3 nitrogen and oxygen atoms in total. The van der Waals surface area contributed by atoms with E-state index in [0.717, 1.165) is 19.4 Å². The molecule has 1 heterocycles. The molecule has 2 amide bonds. The molecular weight excluding hydrogens is 152 g/mol. The molecule has 1 rings (SSSR count). The van der Waals surface area contributed by atoms with Crippen molar-refractivity contribution in [3.63, 3.8) is 0 Å². The fraction of sp³-hybridized carbons (Fsp3) is 0.667. The number of amides is 2. The lowest BCUT2D eigenvalue weighted by Crippen LogP contribution is -2.40. The molecule has 1 N–H and O–H groups in total. The molecule has 0 saturated carbocycles. The summed E-state index contributed by atoms with van der Waals surface area (Å²) in [5.74, 6) is 0. The van der Waals surface area contributed by atoms with Crippen molar-refractivity contribution in [2.24, 2.45) is 0 Å². The summed E-state index contributed by atoms with van der Waals surface area (Å²) in [4.78, 5) is 13.2. The van der Waals surface area contributed by atoms with Crippen LogP contribution in [0, 0.1) is 0 Å². The van der Waals surface area contributed by atoms with E-state index in [1.54, 1.807) is 7.05 Å². The van der Waals surface area contributed by atoms with Gasteiger partial charge < -0.3 is 10.2 Å². The average molecular weight is 168 g/mol. The fourth-order valence-electron chi connectivity index (χ4n) is 1.61. The maximum absolute atomic E-state index is 11.3. The average Bonchev–Trinajstić information content (AvgIpc) is 2.52. The first-order chi connectivity index (χ1) is 5.79. The molecule has 3 heteroatoms. The smallest absolute Gasteiger partial charge is 0.317 e. The lowest BCUT2D eigenvalue weighted by Gasteiger charge is -2.21. The highest BCUT2D eigenvalue weighted by molar-refractivity contribution is 5.74. The standard InChI is InChI=1S/C9H16N2O/c1-3-5-8-6-4-7-11(8)9(12)10-2/h3,5,8H,4,6-7H2,1-2H3,(H,10,12)/b5-3+. The summed E-state index contributed by atoms with van der Waals surface area (Å²) < 4.78 is 0. The van der Waals surface area contributed by atoms with Crippen LogP contribution < -0.4 is 5.32 Å². The number of carbonyl (C=O) groups excluding carboxylic acids is 1. The summed E-state index contributed by atoms with van der Waals surface area (Å²) in [6.45, 7) is 2.87. The third kappa shape index (κ3) is 1.78. The largest absolute Gasteiger partial charge is 0.341 e. The SMILES string of the molecule is C/C=C/C1CCCN1C(=O)NC. The topological polar surface area (TPSA) is 32.3 Å². The molecule has 1 unspecified atom stereocenters. The van der Waals surface area contributed by atoms with Crippen LogP contribution in [0.5, 0.6) is 0 Å². The summed E-state index contributed by atoms with van der Waals surface area (Å²) >= 11 is 0. The van der Waals surface area contributed by atoms with Gasteiger partial charge in [-0.25, -0.2) is 4.79 Å². The van der Waals surface area contributed by atoms with E-state index in [-0.39, 0.29) is 6.03 Å². The van der Waals surface area contributed by atoms with Gasteiger partial charge in [0.15, 0.2) is 0 Å². The van der Waals surface area contributed by atoms with Gasteiger partial charge in [-0.15, -0.1) is 0 Å². The number of likely N-dealkylation sites (tertiary alicyclic amines) is 1. The van der Waals surface area contributed by atoms with Crippen molar-refractivity contribution in [3.8, 4) is 0 Å². The Morgan fingerprint density at radius 3 is 3.00 bits per heavy atom. The van der Waals surface area contributed by atoms with Crippen LogP contribution in [0.2, 0.25) is 0 Å². The Morgan fingerprint density at radius 2 is 2.42 bits per heavy atom. The first-order valence-corrected chi connectivity index (χ1v) is 4.40. The van der Waals surface area contributed by atoms with Crippen LogP contribution in [-0.2, 0) is 0 Å². The second-order valence-corrected chi connectivity index (χ2v) is 2.98. The summed E-state index contributed by atoms with van der Waals surface area (Å²) in [6, 6.07) is 0.352. The van der Waals surface area contributed by atoms with Crippen LogP contribution in [-0.4, -0.2) is 30.6 Å². The van der Waals surface area contributed by atoms with Gasteiger partial charge in [0.25, 0.3) is 0 Å². The second kappa shape index (κ2) is 4.14. The minimum Gasteiger partial charge on any atom is -0.341 e. The Balaban J connectivity index is 2.57. The number of allylic oxidation sites excluding steroid dienone is 1. The minimum atomic E-state index is 0.0376. The van der Waals surface area contributed by atoms with Gasteiger partial charge in [-0.3, -0.25) is 0 Å². The molecule has 68 valence electrons. The van der Waals surface area contributed by atoms with Crippen molar-refractivity contribution in [3.05, 3.63) is 12.2 Å². The molecule has 0 aromatic heterocycles.